The van der Waals surface area contributed by atoms with Crippen molar-refractivity contribution < 1.29 is 9.29 Å². The topological polar surface area (TPSA) is 48.2 Å². The zero-order valence-electron chi connectivity index (χ0n) is 10.9. The lowest BCUT2D eigenvalue weighted by Gasteiger charge is -2.24. The molecule has 1 aliphatic rings. The summed E-state index contributed by atoms with van der Waals surface area (Å²) in [6.45, 7) is 6.78. The van der Waals surface area contributed by atoms with E-state index in [1.54, 1.807) is 13.3 Å². The lowest BCUT2D eigenvalue weighted by Crippen LogP contribution is -2.33. The SMILES string of the molecule is COc1cc([C@H]2C[N@@]2[S@@+]([O-])C(C)(C)C)c(Br)cn1. The molecule has 0 aromatic carbocycles. The molecule has 0 radical (unpaired) electrons. The molecule has 0 spiro atoms. The largest absolute Gasteiger partial charge is 0.597 e. The van der Waals surface area contributed by atoms with Crippen molar-refractivity contribution in [3.05, 3.63) is 22.3 Å². The number of aromatic nitrogens is 1. The van der Waals surface area contributed by atoms with Crippen molar-refractivity contribution in [3.63, 3.8) is 0 Å². The van der Waals surface area contributed by atoms with Gasteiger partial charge in [-0.25, -0.2) is 4.98 Å². The van der Waals surface area contributed by atoms with Gasteiger partial charge < -0.3 is 9.29 Å². The van der Waals surface area contributed by atoms with E-state index in [2.05, 4.69) is 20.9 Å². The van der Waals surface area contributed by atoms with E-state index in [1.165, 1.54) is 0 Å². The van der Waals surface area contributed by atoms with Crippen LogP contribution in [0, 0.1) is 0 Å². The third-order valence-corrected chi connectivity index (χ3v) is 5.27. The predicted molar refractivity (Wildman–Crippen MR) is 75.8 cm³/mol. The van der Waals surface area contributed by atoms with Crippen LogP contribution in [0.2, 0.25) is 0 Å². The van der Waals surface area contributed by atoms with E-state index in [4.69, 9.17) is 4.74 Å². The van der Waals surface area contributed by atoms with Gasteiger partial charge in [-0.05, 0) is 42.3 Å². The molecule has 6 heteroatoms. The summed E-state index contributed by atoms with van der Waals surface area (Å²) in [5, 5.41) is 0. The summed E-state index contributed by atoms with van der Waals surface area (Å²) in [4.78, 5) is 4.12. The van der Waals surface area contributed by atoms with Gasteiger partial charge in [0.05, 0.1) is 19.7 Å². The second-order valence-corrected chi connectivity index (χ2v) is 8.27. The average Bonchev–Trinajstić information content (AvgIpc) is 3.07. The highest BCUT2D eigenvalue weighted by atomic mass is 79.9. The molecule has 0 unspecified atom stereocenters. The summed E-state index contributed by atoms with van der Waals surface area (Å²) in [5.74, 6) is 0.585. The van der Waals surface area contributed by atoms with Crippen LogP contribution in [0.5, 0.6) is 5.88 Å². The van der Waals surface area contributed by atoms with Crippen molar-refractivity contribution >= 4 is 27.3 Å². The summed E-state index contributed by atoms with van der Waals surface area (Å²) in [7, 11) is 1.60. The van der Waals surface area contributed by atoms with E-state index in [9.17, 15) is 4.55 Å². The van der Waals surface area contributed by atoms with Crippen LogP contribution in [0.3, 0.4) is 0 Å². The molecular formula is C12H17BrN2O2S. The van der Waals surface area contributed by atoms with Gasteiger partial charge in [-0.2, -0.15) is 0 Å². The van der Waals surface area contributed by atoms with Crippen molar-refractivity contribution in [2.45, 2.75) is 31.6 Å². The molecule has 0 aliphatic carbocycles. The number of rotatable bonds is 3. The molecule has 4 nitrogen and oxygen atoms in total. The zero-order valence-corrected chi connectivity index (χ0v) is 13.3. The molecule has 0 saturated carbocycles. The molecule has 1 aromatic rings. The minimum atomic E-state index is -0.974. The molecule has 0 N–H and O–H groups in total. The van der Waals surface area contributed by atoms with Crippen LogP contribution < -0.4 is 4.74 Å². The third kappa shape index (κ3) is 2.82. The Balaban J connectivity index is 2.16. The number of pyridine rings is 1. The Hall–Kier alpha value is -0.300. The highest BCUT2D eigenvalue weighted by Gasteiger charge is 2.50. The summed E-state index contributed by atoms with van der Waals surface area (Å²) in [5.41, 5.74) is 1.08. The highest BCUT2D eigenvalue weighted by molar-refractivity contribution is 9.10. The Morgan fingerprint density at radius 3 is 2.78 bits per heavy atom. The zero-order chi connectivity index (χ0) is 13.5. The molecule has 0 bridgehead atoms. The lowest BCUT2D eigenvalue weighted by molar-refractivity contribution is 0.397. The van der Waals surface area contributed by atoms with Gasteiger partial charge in [0.15, 0.2) is 0 Å². The smallest absolute Gasteiger partial charge is 0.213 e. The van der Waals surface area contributed by atoms with Crippen molar-refractivity contribution in [3.8, 4) is 5.88 Å². The van der Waals surface area contributed by atoms with E-state index in [0.717, 1.165) is 16.6 Å². The van der Waals surface area contributed by atoms with E-state index in [0.29, 0.717) is 5.88 Å². The van der Waals surface area contributed by atoms with Crippen LogP contribution in [-0.4, -0.2) is 32.2 Å². The van der Waals surface area contributed by atoms with Crippen LogP contribution >= 0.6 is 15.9 Å². The predicted octanol–water partition coefficient (Wildman–Crippen LogP) is 2.67. The fourth-order valence-corrected chi connectivity index (χ4v) is 3.52. The molecule has 1 fully saturated rings. The number of nitrogens with zero attached hydrogens (tertiary/aromatic N) is 2. The van der Waals surface area contributed by atoms with E-state index >= 15 is 0 Å². The lowest BCUT2D eigenvalue weighted by atomic mass is 10.2. The van der Waals surface area contributed by atoms with Gasteiger partial charge in [0.1, 0.15) is 4.75 Å². The van der Waals surface area contributed by atoms with E-state index in [1.807, 2.05) is 31.1 Å². The summed E-state index contributed by atoms with van der Waals surface area (Å²) in [6, 6.07) is 2.09. The summed E-state index contributed by atoms with van der Waals surface area (Å²) in [6.07, 6.45) is 1.73. The summed E-state index contributed by atoms with van der Waals surface area (Å²) >= 11 is 2.51. The fraction of sp³-hybridized carbons (Fsp3) is 0.583. The molecule has 1 saturated heterocycles. The molecule has 2 rings (SSSR count). The molecule has 3 atom stereocenters. The normalized spacial score (nSPS) is 24.8. The number of methoxy groups -OCH3 is 1. The van der Waals surface area contributed by atoms with Gasteiger partial charge >= 0.3 is 0 Å². The Kier molecular flexibility index (Phi) is 3.92. The standard InChI is InChI=1S/C12H17BrN2O2S/c1-12(2,3)18(16)15-7-10(15)8-5-11(17-4)14-6-9(8)13/h5-6,10H,7H2,1-4H3/t10-,15-,18+/m1/s1. The van der Waals surface area contributed by atoms with Crippen LogP contribution in [0.25, 0.3) is 0 Å². The first-order valence-corrected chi connectivity index (χ1v) is 7.62. The quantitative estimate of drug-likeness (QED) is 0.630. The maximum atomic E-state index is 12.3. The van der Waals surface area contributed by atoms with Crippen LogP contribution in [0.15, 0.2) is 16.7 Å². The molecule has 2 heterocycles. The Bertz CT molecular complexity index is 450. The highest BCUT2D eigenvalue weighted by Crippen LogP contribution is 2.44. The van der Waals surface area contributed by atoms with Crippen LogP contribution in [0.1, 0.15) is 32.4 Å². The second-order valence-electron chi connectivity index (χ2n) is 5.23. The van der Waals surface area contributed by atoms with Gasteiger partial charge in [0.2, 0.25) is 5.88 Å². The maximum absolute atomic E-state index is 12.3. The molecule has 18 heavy (non-hydrogen) atoms. The van der Waals surface area contributed by atoms with Crippen molar-refractivity contribution in [2.24, 2.45) is 0 Å². The number of halogens is 1. The van der Waals surface area contributed by atoms with Crippen molar-refractivity contribution in [2.75, 3.05) is 13.7 Å². The molecular weight excluding hydrogens is 316 g/mol. The van der Waals surface area contributed by atoms with Crippen molar-refractivity contribution in [1.29, 1.82) is 0 Å². The minimum absolute atomic E-state index is 0.191. The Labute approximate surface area is 119 Å². The summed E-state index contributed by atoms with van der Waals surface area (Å²) < 4.78 is 20.1. The second kappa shape index (κ2) is 5.00. The average molecular weight is 333 g/mol. The van der Waals surface area contributed by atoms with Crippen LogP contribution in [-0.2, 0) is 11.4 Å². The van der Waals surface area contributed by atoms with Crippen molar-refractivity contribution in [1.82, 2.24) is 9.29 Å². The molecule has 0 amide bonds. The first-order valence-electron chi connectivity index (χ1n) is 5.72. The van der Waals surface area contributed by atoms with E-state index in [-0.39, 0.29) is 10.8 Å². The number of ether oxygens (including phenoxy) is 1. The first-order chi connectivity index (χ1) is 8.34. The minimum Gasteiger partial charge on any atom is -0.597 e. The Morgan fingerprint density at radius 2 is 2.22 bits per heavy atom. The molecule has 1 aromatic heterocycles. The Morgan fingerprint density at radius 1 is 1.56 bits per heavy atom. The van der Waals surface area contributed by atoms with E-state index < -0.39 is 11.4 Å². The van der Waals surface area contributed by atoms with Crippen LogP contribution in [0.4, 0.5) is 0 Å². The third-order valence-electron chi connectivity index (χ3n) is 2.73. The van der Waals surface area contributed by atoms with Gasteiger partial charge in [0.25, 0.3) is 0 Å². The molecule has 100 valence electrons. The monoisotopic (exact) mass is 332 g/mol. The van der Waals surface area contributed by atoms with Gasteiger partial charge in [-0.1, -0.05) is 0 Å². The van der Waals surface area contributed by atoms with Gasteiger partial charge in [-0.15, -0.1) is 4.31 Å². The van der Waals surface area contributed by atoms with Gasteiger partial charge in [0, 0.05) is 28.1 Å². The van der Waals surface area contributed by atoms with Gasteiger partial charge in [-0.3, -0.25) is 0 Å². The molecule has 1 aliphatic heterocycles. The number of hydrogen-bond acceptors (Lipinski definition) is 4. The fourth-order valence-electron chi connectivity index (χ4n) is 1.71. The maximum Gasteiger partial charge on any atom is 0.213 e. The first kappa shape index (κ1) is 14.1. The number of hydrogen-bond donors (Lipinski definition) is 0.